The Balaban J connectivity index is 0.000000189. The van der Waals surface area contributed by atoms with Gasteiger partial charge in [-0.1, -0.05) is 6.07 Å². The molecule has 2 aromatic rings. The normalized spacial score (nSPS) is 7.33. The minimum Gasteiger partial charge on any atom is -0.351 e. The average Bonchev–Trinajstić information content (AvgIpc) is 2.64. The molecule has 0 spiro atoms. The Morgan fingerprint density at radius 1 is 0.833 bits per heavy atom. The van der Waals surface area contributed by atoms with Crippen LogP contribution in [0.2, 0.25) is 0 Å². The first-order valence-corrected chi connectivity index (χ1v) is 3.28. The maximum atomic E-state index is 3.78. The van der Waals surface area contributed by atoms with Crippen molar-refractivity contribution >= 4 is 0 Å². The first-order valence-electron chi connectivity index (χ1n) is 3.28. The van der Waals surface area contributed by atoms with E-state index >= 15 is 0 Å². The fourth-order valence-electron chi connectivity index (χ4n) is 0.528. The molecule has 0 aromatic carbocycles. The lowest BCUT2D eigenvalue weighted by atomic mass is 10.5. The summed E-state index contributed by atoms with van der Waals surface area (Å²) in [6.07, 6.45) is 8.58. The molecule has 4 nitrogen and oxygen atoms in total. The van der Waals surface area contributed by atoms with Crippen molar-refractivity contribution in [3.63, 3.8) is 0 Å². The zero-order valence-corrected chi connectivity index (χ0v) is 6.72. The third kappa shape index (κ3) is 5.13. The molecule has 4 N–H and O–H groups in total. The molecule has 64 valence electrons. The Morgan fingerprint density at radius 3 is 1.75 bits per heavy atom. The second-order valence-corrected chi connectivity index (χ2v) is 1.79. The van der Waals surface area contributed by atoms with Crippen LogP contribution in [0.4, 0.5) is 0 Å². The van der Waals surface area contributed by atoms with E-state index in [0.29, 0.717) is 0 Å². The van der Waals surface area contributed by atoms with Gasteiger partial charge in [0.15, 0.2) is 0 Å². The van der Waals surface area contributed by atoms with Gasteiger partial charge in [0.2, 0.25) is 0 Å². The van der Waals surface area contributed by atoms with Crippen LogP contribution in [0.1, 0.15) is 0 Å². The van der Waals surface area contributed by atoms with Crippen molar-refractivity contribution in [1.82, 2.24) is 21.1 Å². The molecule has 0 aliphatic carbocycles. The van der Waals surface area contributed by atoms with Gasteiger partial charge in [0.05, 0.1) is 6.33 Å². The minimum atomic E-state index is 0. The molecular weight excluding hydrogens is 152 g/mol. The number of hydrogen-bond donors (Lipinski definition) is 2. The van der Waals surface area contributed by atoms with E-state index in [1.54, 1.807) is 31.1 Å². The lowest BCUT2D eigenvalue weighted by Gasteiger charge is -1.70. The summed E-state index contributed by atoms with van der Waals surface area (Å²) in [6.45, 7) is 0. The highest BCUT2D eigenvalue weighted by Gasteiger charge is 1.58. The SMILES string of the molecule is N.c1c[nH]cn1.c1ccncc1. The van der Waals surface area contributed by atoms with Crippen molar-refractivity contribution in [3.8, 4) is 0 Å². The summed E-state index contributed by atoms with van der Waals surface area (Å²) in [5, 5.41) is 0. The highest BCUT2D eigenvalue weighted by atomic mass is 14.8. The van der Waals surface area contributed by atoms with Crippen molar-refractivity contribution in [3.05, 3.63) is 49.3 Å². The highest BCUT2D eigenvalue weighted by Crippen LogP contribution is 1.73. The van der Waals surface area contributed by atoms with Gasteiger partial charge < -0.3 is 11.1 Å². The number of pyridine rings is 1. The fourth-order valence-corrected chi connectivity index (χ4v) is 0.528. The zero-order valence-electron chi connectivity index (χ0n) is 6.72. The Labute approximate surface area is 71.3 Å². The Hall–Kier alpha value is -1.68. The second-order valence-electron chi connectivity index (χ2n) is 1.79. The summed E-state index contributed by atoms with van der Waals surface area (Å²) in [4.78, 5) is 10.2. The van der Waals surface area contributed by atoms with E-state index in [0.717, 1.165) is 0 Å². The number of nitrogens with one attached hydrogen (secondary N) is 1. The molecule has 0 atom stereocenters. The first-order chi connectivity index (χ1) is 5.50. The first kappa shape index (κ1) is 10.3. The molecule has 0 aliphatic heterocycles. The summed E-state index contributed by atoms with van der Waals surface area (Å²) in [7, 11) is 0. The van der Waals surface area contributed by atoms with Gasteiger partial charge in [0.1, 0.15) is 0 Å². The molecular formula is C8H12N4. The molecule has 0 unspecified atom stereocenters. The molecule has 0 saturated carbocycles. The van der Waals surface area contributed by atoms with Crippen LogP contribution in [-0.2, 0) is 0 Å². The lowest BCUT2D eigenvalue weighted by Crippen LogP contribution is -1.58. The van der Waals surface area contributed by atoms with Crippen LogP contribution >= 0.6 is 0 Å². The Morgan fingerprint density at radius 2 is 1.58 bits per heavy atom. The van der Waals surface area contributed by atoms with Crippen LogP contribution in [0.15, 0.2) is 49.3 Å². The number of aromatic nitrogens is 3. The maximum Gasteiger partial charge on any atom is 0.0919 e. The van der Waals surface area contributed by atoms with Gasteiger partial charge in [0, 0.05) is 24.8 Å². The topological polar surface area (TPSA) is 76.6 Å². The van der Waals surface area contributed by atoms with Gasteiger partial charge in [-0.15, -0.1) is 0 Å². The summed E-state index contributed by atoms with van der Waals surface area (Å²) in [5.41, 5.74) is 0. The van der Waals surface area contributed by atoms with Gasteiger partial charge >= 0.3 is 0 Å². The third-order valence-corrected chi connectivity index (χ3v) is 0.972. The Bertz CT molecular complexity index is 197. The third-order valence-electron chi connectivity index (χ3n) is 0.972. The maximum absolute atomic E-state index is 3.78. The predicted molar refractivity (Wildman–Crippen MR) is 47.8 cm³/mol. The van der Waals surface area contributed by atoms with Gasteiger partial charge in [0.25, 0.3) is 0 Å². The van der Waals surface area contributed by atoms with Gasteiger partial charge in [-0.05, 0) is 12.1 Å². The van der Waals surface area contributed by atoms with E-state index in [2.05, 4.69) is 15.0 Å². The van der Waals surface area contributed by atoms with Crippen molar-refractivity contribution in [2.75, 3.05) is 0 Å². The summed E-state index contributed by atoms with van der Waals surface area (Å²) in [5.74, 6) is 0. The van der Waals surface area contributed by atoms with E-state index in [1.807, 2.05) is 18.2 Å². The number of hydrogen-bond acceptors (Lipinski definition) is 3. The molecule has 12 heavy (non-hydrogen) atoms. The van der Waals surface area contributed by atoms with E-state index in [9.17, 15) is 0 Å². The molecule has 0 fully saturated rings. The van der Waals surface area contributed by atoms with Crippen LogP contribution in [0.25, 0.3) is 0 Å². The fraction of sp³-hybridized carbons (Fsp3) is 0. The van der Waals surface area contributed by atoms with Crippen molar-refractivity contribution in [2.24, 2.45) is 0 Å². The van der Waals surface area contributed by atoms with Crippen LogP contribution in [-0.4, -0.2) is 15.0 Å². The number of aromatic amines is 1. The van der Waals surface area contributed by atoms with E-state index < -0.39 is 0 Å². The van der Waals surface area contributed by atoms with Crippen molar-refractivity contribution < 1.29 is 0 Å². The smallest absolute Gasteiger partial charge is 0.0919 e. The minimum absolute atomic E-state index is 0. The van der Waals surface area contributed by atoms with Gasteiger partial charge in [-0.25, -0.2) is 4.98 Å². The average molecular weight is 164 g/mol. The molecule has 0 bridgehead atoms. The van der Waals surface area contributed by atoms with Crippen molar-refractivity contribution in [1.29, 1.82) is 0 Å². The molecule has 2 aromatic heterocycles. The Kier molecular flexibility index (Phi) is 6.39. The van der Waals surface area contributed by atoms with E-state index in [-0.39, 0.29) is 6.15 Å². The van der Waals surface area contributed by atoms with Gasteiger partial charge in [-0.2, -0.15) is 0 Å². The molecule has 0 amide bonds. The van der Waals surface area contributed by atoms with E-state index in [4.69, 9.17) is 0 Å². The standard InChI is InChI=1S/C5H5N.C3H4N2.H3N/c1-2-4-6-5-3-1;1-2-5-3-4-1;/h1-5H;1-3H,(H,4,5);1H3. The highest BCUT2D eigenvalue weighted by molar-refractivity contribution is 4.88. The number of nitrogens with zero attached hydrogens (tertiary/aromatic N) is 2. The molecule has 0 saturated heterocycles. The largest absolute Gasteiger partial charge is 0.351 e. The van der Waals surface area contributed by atoms with Gasteiger partial charge in [-0.3, -0.25) is 4.98 Å². The van der Waals surface area contributed by atoms with Crippen LogP contribution < -0.4 is 6.15 Å². The predicted octanol–water partition coefficient (Wildman–Crippen LogP) is 1.65. The van der Waals surface area contributed by atoms with Crippen LogP contribution in [0.3, 0.4) is 0 Å². The number of imidazole rings is 1. The van der Waals surface area contributed by atoms with Crippen LogP contribution in [0, 0.1) is 0 Å². The summed E-state index contributed by atoms with van der Waals surface area (Å²) < 4.78 is 0. The summed E-state index contributed by atoms with van der Waals surface area (Å²) in [6, 6.07) is 5.72. The van der Waals surface area contributed by atoms with E-state index in [1.165, 1.54) is 0 Å². The monoisotopic (exact) mass is 164 g/mol. The molecule has 4 heteroatoms. The second kappa shape index (κ2) is 7.43. The quantitative estimate of drug-likeness (QED) is 0.621. The molecule has 2 heterocycles. The number of H-pyrrole nitrogens is 1. The van der Waals surface area contributed by atoms with Crippen LogP contribution in [0.5, 0.6) is 0 Å². The number of rotatable bonds is 0. The lowest BCUT2D eigenvalue weighted by molar-refractivity contribution is 1.31. The van der Waals surface area contributed by atoms with Crippen molar-refractivity contribution in [2.45, 2.75) is 0 Å². The zero-order chi connectivity index (χ0) is 7.78. The molecule has 0 aliphatic rings. The molecule has 2 rings (SSSR count). The summed E-state index contributed by atoms with van der Waals surface area (Å²) >= 11 is 0. The molecule has 0 radical (unpaired) electrons.